The van der Waals surface area contributed by atoms with Crippen molar-refractivity contribution in [1.82, 2.24) is 15.0 Å². The van der Waals surface area contributed by atoms with Crippen molar-refractivity contribution in [2.75, 3.05) is 6.54 Å². The Morgan fingerprint density at radius 2 is 2.12 bits per heavy atom. The number of hydrogen-bond donors (Lipinski definition) is 0. The molecule has 0 radical (unpaired) electrons. The first kappa shape index (κ1) is 16.1. The quantitative estimate of drug-likeness (QED) is 0.858. The third kappa shape index (κ3) is 2.79. The van der Waals surface area contributed by atoms with Crippen LogP contribution in [0.4, 0.5) is 0 Å². The summed E-state index contributed by atoms with van der Waals surface area (Å²) in [6.45, 7) is 6.84. The number of nitrogens with zero attached hydrogens (tertiary/aromatic N) is 3. The number of fused-ring (bicyclic) bond motifs is 1. The first-order chi connectivity index (χ1) is 12.1. The van der Waals surface area contributed by atoms with Crippen molar-refractivity contribution in [2.24, 2.45) is 0 Å². The molecule has 0 bridgehead atoms. The lowest BCUT2D eigenvalue weighted by Gasteiger charge is -2.25. The van der Waals surface area contributed by atoms with Crippen LogP contribution in [-0.4, -0.2) is 33.6 Å². The van der Waals surface area contributed by atoms with Gasteiger partial charge in [0.2, 0.25) is 5.89 Å². The van der Waals surface area contributed by atoms with E-state index >= 15 is 0 Å². The van der Waals surface area contributed by atoms with E-state index in [1.807, 2.05) is 17.9 Å². The van der Waals surface area contributed by atoms with Crippen LogP contribution in [0, 0.1) is 13.8 Å². The molecular weight excluding hydrogens is 318 g/mol. The van der Waals surface area contributed by atoms with Crippen molar-refractivity contribution in [3.8, 4) is 5.75 Å². The lowest BCUT2D eigenvalue weighted by atomic mass is 10.0. The van der Waals surface area contributed by atoms with Crippen LogP contribution in [0.15, 0.2) is 16.7 Å². The number of carbonyl (C=O) groups excluding carboxylic acids is 1. The molecule has 1 aromatic carbocycles. The first-order valence-corrected chi connectivity index (χ1v) is 8.96. The Kier molecular flexibility index (Phi) is 3.98. The Morgan fingerprint density at radius 1 is 1.32 bits per heavy atom. The van der Waals surface area contributed by atoms with Gasteiger partial charge in [-0.25, -0.2) is 0 Å². The number of benzene rings is 1. The fraction of sp³-hybridized carbons (Fsp3) is 0.526. The molecule has 0 saturated carbocycles. The van der Waals surface area contributed by atoms with Gasteiger partial charge in [-0.2, -0.15) is 4.98 Å². The summed E-state index contributed by atoms with van der Waals surface area (Å²) in [6.07, 6.45) is 2.70. The second kappa shape index (κ2) is 6.17. The summed E-state index contributed by atoms with van der Waals surface area (Å²) in [6, 6.07) is 4.06. The maximum atomic E-state index is 13.1. The molecule has 6 nitrogen and oxygen atoms in total. The van der Waals surface area contributed by atoms with Gasteiger partial charge in [0.15, 0.2) is 11.9 Å². The number of rotatable bonds is 3. The highest BCUT2D eigenvalue weighted by molar-refractivity contribution is 5.83. The zero-order valence-electron chi connectivity index (χ0n) is 14.9. The minimum atomic E-state index is -0.450. The molecule has 0 aliphatic carbocycles. The molecule has 0 spiro atoms. The van der Waals surface area contributed by atoms with Crippen molar-refractivity contribution in [2.45, 2.75) is 58.6 Å². The predicted octanol–water partition coefficient (Wildman–Crippen LogP) is 2.92. The van der Waals surface area contributed by atoms with Crippen LogP contribution in [0.25, 0.3) is 0 Å². The molecule has 1 aromatic heterocycles. The SMILES string of the molecule is CCc1nc([C@H]2CCCN2C(=O)[C@H]2Cc3cc(C)c(C)cc3O2)no1. The number of hydrogen-bond acceptors (Lipinski definition) is 5. The van der Waals surface area contributed by atoms with Crippen LogP contribution in [0.1, 0.15) is 54.2 Å². The number of amides is 1. The van der Waals surface area contributed by atoms with Crippen LogP contribution in [-0.2, 0) is 17.6 Å². The minimum absolute atomic E-state index is 0.0249. The van der Waals surface area contributed by atoms with Crippen molar-refractivity contribution in [1.29, 1.82) is 0 Å². The predicted molar refractivity (Wildman–Crippen MR) is 91.4 cm³/mol. The number of likely N-dealkylation sites (tertiary alicyclic amines) is 1. The number of carbonyl (C=O) groups is 1. The molecule has 132 valence electrons. The maximum Gasteiger partial charge on any atom is 0.264 e. The molecule has 2 aliphatic rings. The zero-order chi connectivity index (χ0) is 17.6. The third-order valence-corrected chi connectivity index (χ3v) is 5.25. The summed E-state index contributed by atoms with van der Waals surface area (Å²) in [7, 11) is 0. The second-order valence-electron chi connectivity index (χ2n) is 6.94. The van der Waals surface area contributed by atoms with E-state index in [1.54, 1.807) is 0 Å². The third-order valence-electron chi connectivity index (χ3n) is 5.25. The number of aromatic nitrogens is 2. The minimum Gasteiger partial charge on any atom is -0.480 e. The summed E-state index contributed by atoms with van der Waals surface area (Å²) in [5.74, 6) is 2.09. The molecule has 4 rings (SSSR count). The normalized spacial score (nSPS) is 22.1. The molecule has 1 fully saturated rings. The highest BCUT2D eigenvalue weighted by atomic mass is 16.5. The highest BCUT2D eigenvalue weighted by Gasteiger charge is 2.39. The molecule has 2 atom stereocenters. The Morgan fingerprint density at radius 3 is 2.88 bits per heavy atom. The lowest BCUT2D eigenvalue weighted by Crippen LogP contribution is -2.41. The molecule has 1 saturated heterocycles. The van der Waals surface area contributed by atoms with E-state index in [0.717, 1.165) is 24.2 Å². The van der Waals surface area contributed by atoms with E-state index in [1.165, 1.54) is 11.1 Å². The van der Waals surface area contributed by atoms with E-state index in [9.17, 15) is 4.79 Å². The van der Waals surface area contributed by atoms with E-state index in [4.69, 9.17) is 9.26 Å². The van der Waals surface area contributed by atoms with E-state index in [2.05, 4.69) is 30.1 Å². The van der Waals surface area contributed by atoms with Crippen LogP contribution >= 0.6 is 0 Å². The average Bonchev–Trinajstić information content (AvgIpc) is 3.32. The highest BCUT2D eigenvalue weighted by Crippen LogP contribution is 2.35. The summed E-state index contributed by atoms with van der Waals surface area (Å²) < 4.78 is 11.2. The number of aryl methyl sites for hydroxylation is 3. The molecule has 1 amide bonds. The van der Waals surface area contributed by atoms with Gasteiger partial charge in [0.05, 0.1) is 6.04 Å². The Bertz CT molecular complexity index is 783. The van der Waals surface area contributed by atoms with Crippen molar-refractivity contribution >= 4 is 5.91 Å². The van der Waals surface area contributed by atoms with Crippen molar-refractivity contribution in [3.63, 3.8) is 0 Å². The molecule has 3 heterocycles. The lowest BCUT2D eigenvalue weighted by molar-refractivity contribution is -0.139. The van der Waals surface area contributed by atoms with E-state index < -0.39 is 6.10 Å². The van der Waals surface area contributed by atoms with Gasteiger partial charge in [0.25, 0.3) is 5.91 Å². The van der Waals surface area contributed by atoms with E-state index in [-0.39, 0.29) is 11.9 Å². The summed E-state index contributed by atoms with van der Waals surface area (Å²) in [5, 5.41) is 4.07. The van der Waals surface area contributed by atoms with Gasteiger partial charge in [0.1, 0.15) is 5.75 Å². The Balaban J connectivity index is 1.52. The number of ether oxygens (including phenoxy) is 1. The van der Waals surface area contributed by atoms with Crippen LogP contribution in [0.5, 0.6) is 5.75 Å². The zero-order valence-corrected chi connectivity index (χ0v) is 14.9. The van der Waals surface area contributed by atoms with Gasteiger partial charge in [0, 0.05) is 19.4 Å². The topological polar surface area (TPSA) is 68.5 Å². The summed E-state index contributed by atoms with van der Waals surface area (Å²) in [5.41, 5.74) is 3.53. The van der Waals surface area contributed by atoms with Crippen molar-refractivity contribution < 1.29 is 14.1 Å². The summed E-state index contributed by atoms with van der Waals surface area (Å²) in [4.78, 5) is 19.3. The molecule has 25 heavy (non-hydrogen) atoms. The van der Waals surface area contributed by atoms with Gasteiger partial charge < -0.3 is 14.2 Å². The van der Waals surface area contributed by atoms with E-state index in [0.29, 0.717) is 31.1 Å². The van der Waals surface area contributed by atoms with Gasteiger partial charge >= 0.3 is 0 Å². The fourth-order valence-electron chi connectivity index (χ4n) is 3.68. The Hall–Kier alpha value is -2.37. The van der Waals surface area contributed by atoms with Crippen LogP contribution in [0.3, 0.4) is 0 Å². The average molecular weight is 341 g/mol. The first-order valence-electron chi connectivity index (χ1n) is 8.96. The molecule has 0 N–H and O–H groups in total. The van der Waals surface area contributed by atoms with Gasteiger partial charge in [-0.1, -0.05) is 18.1 Å². The molecule has 6 heteroatoms. The summed E-state index contributed by atoms with van der Waals surface area (Å²) >= 11 is 0. The van der Waals surface area contributed by atoms with Crippen LogP contribution in [0.2, 0.25) is 0 Å². The smallest absolute Gasteiger partial charge is 0.264 e. The molecule has 2 aliphatic heterocycles. The molecule has 0 unspecified atom stereocenters. The fourth-order valence-corrected chi connectivity index (χ4v) is 3.68. The van der Waals surface area contributed by atoms with Gasteiger partial charge in [-0.05, 0) is 49.4 Å². The molecule has 2 aromatic rings. The van der Waals surface area contributed by atoms with Gasteiger partial charge in [-0.15, -0.1) is 0 Å². The largest absolute Gasteiger partial charge is 0.480 e. The van der Waals surface area contributed by atoms with Crippen molar-refractivity contribution in [3.05, 3.63) is 40.5 Å². The Labute approximate surface area is 147 Å². The van der Waals surface area contributed by atoms with Crippen LogP contribution < -0.4 is 4.74 Å². The standard InChI is InChI=1S/C19H23N3O3/c1-4-17-20-18(21-25-17)14-6-5-7-22(14)19(23)16-10-13-8-11(2)12(3)9-15(13)24-16/h8-9,14,16H,4-7,10H2,1-3H3/t14-,16-/m1/s1. The maximum absolute atomic E-state index is 13.1. The molecular formula is C19H23N3O3. The second-order valence-corrected chi connectivity index (χ2v) is 6.94. The monoisotopic (exact) mass is 341 g/mol. The van der Waals surface area contributed by atoms with Gasteiger partial charge in [-0.3, -0.25) is 4.79 Å².